The Balaban J connectivity index is 1.35. The smallest absolute Gasteiger partial charge is 0.449 e. The first-order valence-electron chi connectivity index (χ1n) is 13.7. The molecule has 232 valence electrons. The van der Waals surface area contributed by atoms with Gasteiger partial charge >= 0.3 is 12.1 Å². The highest BCUT2D eigenvalue weighted by atomic mass is 19.4. The van der Waals surface area contributed by atoms with Crippen LogP contribution in [0, 0.1) is 17.5 Å². The van der Waals surface area contributed by atoms with Crippen molar-refractivity contribution in [3.63, 3.8) is 0 Å². The average molecular weight is 606 g/mol. The summed E-state index contributed by atoms with van der Waals surface area (Å²) in [5.41, 5.74) is 5.12. The number of imidazole rings is 1. The zero-order chi connectivity index (χ0) is 30.4. The molecule has 1 saturated heterocycles. The summed E-state index contributed by atoms with van der Waals surface area (Å²) in [4.78, 5) is 32.7. The van der Waals surface area contributed by atoms with E-state index in [2.05, 4.69) is 9.88 Å². The number of fused-ring (bicyclic) bond motifs is 1. The van der Waals surface area contributed by atoms with Gasteiger partial charge in [0.25, 0.3) is 0 Å². The third-order valence-electron chi connectivity index (χ3n) is 7.27. The van der Waals surface area contributed by atoms with E-state index in [1.54, 1.807) is 0 Å². The van der Waals surface area contributed by atoms with Crippen LogP contribution in [0.4, 0.5) is 26.3 Å². The van der Waals surface area contributed by atoms with Gasteiger partial charge in [-0.05, 0) is 43.9 Å². The Morgan fingerprint density at radius 2 is 1.71 bits per heavy atom. The summed E-state index contributed by atoms with van der Waals surface area (Å²) in [6, 6.07) is 0.0620. The number of carbonyl (C=O) groups is 2. The van der Waals surface area contributed by atoms with Crippen LogP contribution in [0.5, 0.6) is 0 Å². The van der Waals surface area contributed by atoms with Gasteiger partial charge in [0.2, 0.25) is 11.7 Å². The second-order valence-corrected chi connectivity index (χ2v) is 10.4. The fraction of sp³-hybridized carbons (Fsp3) is 0.593. The number of ether oxygens (including phenoxy) is 2. The summed E-state index contributed by atoms with van der Waals surface area (Å²) < 4.78 is 93.2. The zero-order valence-corrected chi connectivity index (χ0v) is 22.9. The molecule has 15 heteroatoms. The molecule has 0 aliphatic carbocycles. The molecule has 2 N–H and O–H groups in total. The van der Waals surface area contributed by atoms with Gasteiger partial charge in [0, 0.05) is 44.7 Å². The summed E-state index contributed by atoms with van der Waals surface area (Å²) >= 11 is 0. The maximum absolute atomic E-state index is 14.0. The Labute approximate surface area is 238 Å². The van der Waals surface area contributed by atoms with E-state index in [-0.39, 0.29) is 50.3 Å². The minimum Gasteiger partial charge on any atom is -0.461 e. The zero-order valence-electron chi connectivity index (χ0n) is 22.9. The third kappa shape index (κ3) is 8.01. The van der Waals surface area contributed by atoms with E-state index in [1.165, 1.54) is 4.90 Å². The monoisotopic (exact) mass is 605 g/mol. The van der Waals surface area contributed by atoms with Crippen LogP contribution >= 0.6 is 0 Å². The first kappa shape index (κ1) is 31.8. The van der Waals surface area contributed by atoms with Crippen LogP contribution in [-0.4, -0.2) is 83.3 Å². The summed E-state index contributed by atoms with van der Waals surface area (Å²) in [5, 5.41) is 0. The average Bonchev–Trinajstić information content (AvgIpc) is 3.34. The second-order valence-electron chi connectivity index (χ2n) is 10.4. The molecule has 1 fully saturated rings. The van der Waals surface area contributed by atoms with Crippen LogP contribution in [0.1, 0.15) is 53.3 Å². The Morgan fingerprint density at radius 3 is 2.43 bits per heavy atom. The van der Waals surface area contributed by atoms with Crippen molar-refractivity contribution in [3.8, 4) is 0 Å². The van der Waals surface area contributed by atoms with Crippen LogP contribution in [0.2, 0.25) is 0 Å². The molecular formula is C27H33F6N5O4. The van der Waals surface area contributed by atoms with Crippen molar-refractivity contribution in [2.75, 3.05) is 46.0 Å². The van der Waals surface area contributed by atoms with Crippen LogP contribution in [0.25, 0.3) is 0 Å². The Kier molecular flexibility index (Phi) is 10.5. The molecule has 0 saturated carbocycles. The second kappa shape index (κ2) is 13.9. The van der Waals surface area contributed by atoms with E-state index in [4.69, 9.17) is 15.2 Å². The largest absolute Gasteiger partial charge is 0.461 e. The number of unbranched alkanes of at least 4 members (excludes halogenated alkanes) is 2. The molecule has 2 aliphatic rings. The number of alkyl halides is 3. The molecule has 2 aliphatic heterocycles. The number of nitrogens with two attached hydrogens (primary N) is 1. The number of rotatable bonds is 11. The molecular weight excluding hydrogens is 572 g/mol. The third-order valence-corrected chi connectivity index (χ3v) is 7.27. The summed E-state index contributed by atoms with van der Waals surface area (Å²) in [6.45, 7) is 3.26. The van der Waals surface area contributed by atoms with Gasteiger partial charge in [-0.25, -0.2) is 22.9 Å². The molecule has 1 aromatic carbocycles. The molecule has 9 nitrogen and oxygen atoms in total. The standard InChI is InChI=1S/C27H33F6N5O4/c28-19-15-21(30)20(29)13-17(19)12-18(34)14-23(39)37-5-6-38-22(16-37)24(35-26(38)27(31,32)33)25(40)42-9-3-1-2-4-36-7-10-41-11-8-36/h13,15,18H,1-12,14,16,34H2/t18-/m1/s1. The first-order chi connectivity index (χ1) is 19.9. The van der Waals surface area contributed by atoms with Crippen molar-refractivity contribution in [2.45, 2.75) is 57.4 Å². The minimum absolute atomic E-state index is 0.00757. The quantitative estimate of drug-likeness (QED) is 0.182. The van der Waals surface area contributed by atoms with Gasteiger partial charge in [0.05, 0.1) is 32.1 Å². The summed E-state index contributed by atoms with van der Waals surface area (Å²) in [5.74, 6) is -6.47. The maximum Gasteiger partial charge on any atom is 0.449 e. The van der Waals surface area contributed by atoms with Gasteiger partial charge in [0.15, 0.2) is 17.3 Å². The van der Waals surface area contributed by atoms with Crippen LogP contribution in [0.3, 0.4) is 0 Å². The molecule has 0 radical (unpaired) electrons. The maximum atomic E-state index is 14.0. The lowest BCUT2D eigenvalue weighted by atomic mass is 10.0. The lowest BCUT2D eigenvalue weighted by molar-refractivity contribution is -0.148. The highest BCUT2D eigenvalue weighted by molar-refractivity contribution is 5.89. The van der Waals surface area contributed by atoms with Crippen LogP contribution in [-0.2, 0) is 40.0 Å². The lowest BCUT2D eigenvalue weighted by Gasteiger charge is -2.30. The van der Waals surface area contributed by atoms with Gasteiger partial charge in [-0.2, -0.15) is 13.2 Å². The molecule has 1 atom stereocenters. The van der Waals surface area contributed by atoms with E-state index in [1.807, 2.05) is 0 Å². The number of carbonyl (C=O) groups excluding carboxylic acids is 2. The molecule has 2 aromatic rings. The van der Waals surface area contributed by atoms with E-state index < -0.39 is 53.1 Å². The molecule has 42 heavy (non-hydrogen) atoms. The van der Waals surface area contributed by atoms with Crippen molar-refractivity contribution in [3.05, 3.63) is 52.4 Å². The first-order valence-corrected chi connectivity index (χ1v) is 13.7. The van der Waals surface area contributed by atoms with Gasteiger partial charge in [-0.3, -0.25) is 9.69 Å². The van der Waals surface area contributed by atoms with E-state index in [0.29, 0.717) is 31.8 Å². The number of nitrogens with zero attached hydrogens (tertiary/aromatic N) is 4. The predicted octanol–water partition coefficient (Wildman–Crippen LogP) is 3.28. The highest BCUT2D eigenvalue weighted by Crippen LogP contribution is 2.33. The van der Waals surface area contributed by atoms with E-state index >= 15 is 0 Å². The molecule has 0 unspecified atom stereocenters. The number of aromatic nitrogens is 2. The fourth-order valence-corrected chi connectivity index (χ4v) is 5.06. The minimum atomic E-state index is -4.84. The SMILES string of the molecule is N[C@@H](CC(=O)N1CCn2c(C(F)(F)F)nc(C(=O)OCCCCCN3CCOCC3)c2C1)Cc1cc(F)c(F)cc1F. The number of esters is 1. The van der Waals surface area contributed by atoms with Crippen molar-refractivity contribution in [1.82, 2.24) is 19.4 Å². The number of halogens is 6. The van der Waals surface area contributed by atoms with Crippen molar-refractivity contribution in [2.24, 2.45) is 5.73 Å². The van der Waals surface area contributed by atoms with Crippen molar-refractivity contribution >= 4 is 11.9 Å². The molecule has 4 rings (SSSR count). The van der Waals surface area contributed by atoms with Gasteiger partial charge in [-0.15, -0.1) is 0 Å². The highest BCUT2D eigenvalue weighted by Gasteiger charge is 2.42. The molecule has 1 aromatic heterocycles. The van der Waals surface area contributed by atoms with Gasteiger partial charge < -0.3 is 24.7 Å². The number of hydrogen-bond acceptors (Lipinski definition) is 7. The summed E-state index contributed by atoms with van der Waals surface area (Å²) in [6.07, 6.45) is -3.30. The number of morpholine rings is 1. The topological polar surface area (TPSA) is 103 Å². The number of benzene rings is 1. The van der Waals surface area contributed by atoms with E-state index in [9.17, 15) is 35.9 Å². The van der Waals surface area contributed by atoms with Gasteiger partial charge in [-0.1, -0.05) is 0 Å². The van der Waals surface area contributed by atoms with Crippen molar-refractivity contribution in [1.29, 1.82) is 0 Å². The molecule has 0 bridgehead atoms. The Morgan fingerprint density at radius 1 is 1.00 bits per heavy atom. The normalized spacial score (nSPS) is 16.8. The van der Waals surface area contributed by atoms with E-state index in [0.717, 1.165) is 37.0 Å². The predicted molar refractivity (Wildman–Crippen MR) is 137 cm³/mol. The molecule has 1 amide bonds. The van der Waals surface area contributed by atoms with Crippen LogP contribution in [0.15, 0.2) is 12.1 Å². The molecule has 3 heterocycles. The van der Waals surface area contributed by atoms with Crippen LogP contribution < -0.4 is 5.73 Å². The fourth-order valence-electron chi connectivity index (χ4n) is 5.06. The lowest BCUT2D eigenvalue weighted by Crippen LogP contribution is -2.42. The Bertz CT molecular complexity index is 1260. The number of hydrogen-bond donors (Lipinski definition) is 1. The van der Waals surface area contributed by atoms with Crippen molar-refractivity contribution < 1.29 is 45.4 Å². The molecule has 0 spiro atoms. The van der Waals surface area contributed by atoms with Gasteiger partial charge in [0.1, 0.15) is 5.82 Å². The number of amides is 1. The summed E-state index contributed by atoms with van der Waals surface area (Å²) in [7, 11) is 0. The Hall–Kier alpha value is -3.17.